The first-order valence-corrected chi connectivity index (χ1v) is 17.4. The topological polar surface area (TPSA) is 126 Å². The van der Waals surface area contributed by atoms with Gasteiger partial charge < -0.3 is 24.4 Å². The van der Waals surface area contributed by atoms with Gasteiger partial charge in [-0.1, -0.05) is 65.3 Å². The number of ether oxygens (including phenoxy) is 3. The normalized spacial score (nSPS) is 12.3. The van der Waals surface area contributed by atoms with Gasteiger partial charge in [-0.15, -0.1) is 5.10 Å². The predicted molar refractivity (Wildman–Crippen MR) is 198 cm³/mol. The number of methoxy groups -OCH3 is 1. The van der Waals surface area contributed by atoms with Crippen LogP contribution in [0.25, 0.3) is 5.69 Å². The zero-order valence-corrected chi connectivity index (χ0v) is 30.8. The molecular formula is C39H36ClF4N5O7. The van der Waals surface area contributed by atoms with Crippen molar-refractivity contribution < 1.29 is 51.0 Å². The number of rotatable bonds is 14. The van der Waals surface area contributed by atoms with Crippen LogP contribution in [-0.4, -0.2) is 55.1 Å². The molecule has 0 spiro atoms. The lowest BCUT2D eigenvalue weighted by Gasteiger charge is -2.20. The van der Waals surface area contributed by atoms with Crippen molar-refractivity contribution in [1.82, 2.24) is 15.1 Å². The van der Waals surface area contributed by atoms with Gasteiger partial charge in [-0.2, -0.15) is 13.8 Å². The monoisotopic (exact) mass is 797 g/mol. The van der Waals surface area contributed by atoms with E-state index in [4.69, 9.17) is 30.7 Å². The van der Waals surface area contributed by atoms with Gasteiger partial charge >= 0.3 is 12.7 Å². The van der Waals surface area contributed by atoms with Gasteiger partial charge in [-0.05, 0) is 66.8 Å². The van der Waals surface area contributed by atoms with Crippen molar-refractivity contribution >= 4 is 35.1 Å². The lowest BCUT2D eigenvalue weighted by molar-refractivity contribution is -0.119. The highest BCUT2D eigenvalue weighted by molar-refractivity contribution is 6.30. The molecule has 0 radical (unpaired) electrons. The fourth-order valence-corrected chi connectivity index (χ4v) is 5.11. The van der Waals surface area contributed by atoms with E-state index in [2.05, 4.69) is 20.3 Å². The first-order valence-electron chi connectivity index (χ1n) is 17.0. The molecule has 2 amide bonds. The molecule has 4 aromatic carbocycles. The van der Waals surface area contributed by atoms with E-state index in [9.17, 15) is 27.2 Å². The van der Waals surface area contributed by atoms with E-state index in [1.54, 1.807) is 71.5 Å². The second kappa shape index (κ2) is 20.0. The molecule has 1 aliphatic rings. The number of hydroxylamine groups is 1. The Kier molecular flexibility index (Phi) is 14.6. The molecule has 0 unspecified atom stereocenters. The number of benzene rings is 4. The Morgan fingerprint density at radius 2 is 1.68 bits per heavy atom. The zero-order valence-electron chi connectivity index (χ0n) is 30.0. The lowest BCUT2D eigenvalue weighted by atomic mass is 10.1. The molecule has 1 saturated carbocycles. The summed E-state index contributed by atoms with van der Waals surface area (Å²) in [7, 11) is 2.68. The molecule has 0 bridgehead atoms. The van der Waals surface area contributed by atoms with Crippen molar-refractivity contribution in [2.75, 3.05) is 25.9 Å². The van der Waals surface area contributed by atoms with Gasteiger partial charge in [0.05, 0.1) is 32.0 Å². The standard InChI is InChI=1S/C20H18F4N2O3.C19H18ClN3O4/c21-14-8-9-15(29-20(23)24)17(18(14)22)19(26-28-11-13-6-7-13)25-16(27)10-12-4-2-1-3-5-12;1-25-19(24)23(26-2)17-6-4-3-5-14(17)13-27-18-11-12-22(21-18)16-9-7-15(20)8-10-16/h1-5,8-9,13,20H,6-7,10-11H2,(H,25,26,27);3-12H,13H2,1-2H3. The molecular weight excluding hydrogens is 762 g/mol. The maximum absolute atomic E-state index is 14.5. The number of halogens is 5. The summed E-state index contributed by atoms with van der Waals surface area (Å²) in [6, 6.07) is 26.4. The first-order chi connectivity index (χ1) is 27.1. The number of anilines is 1. The number of aromatic nitrogens is 2. The Labute approximate surface area is 324 Å². The molecule has 1 aromatic heterocycles. The van der Waals surface area contributed by atoms with E-state index < -0.39 is 47.4 Å². The molecule has 5 aromatic rings. The van der Waals surface area contributed by atoms with Gasteiger partial charge in [-0.25, -0.2) is 18.3 Å². The predicted octanol–water partition coefficient (Wildman–Crippen LogP) is 8.25. The summed E-state index contributed by atoms with van der Waals surface area (Å²) in [5.74, 6) is -3.90. The number of amides is 2. The molecule has 17 heteroatoms. The van der Waals surface area contributed by atoms with Crippen molar-refractivity contribution in [3.63, 3.8) is 0 Å². The molecule has 0 saturated heterocycles. The molecule has 0 atom stereocenters. The van der Waals surface area contributed by atoms with Crippen LogP contribution in [0.1, 0.15) is 29.5 Å². The number of carbonyl (C=O) groups excluding carboxylic acids is 2. The largest absolute Gasteiger partial charge is 0.472 e. The number of nitrogens with zero attached hydrogens (tertiary/aromatic N) is 4. The van der Waals surface area contributed by atoms with Crippen molar-refractivity contribution in [3.05, 3.63) is 137 Å². The summed E-state index contributed by atoms with van der Waals surface area (Å²) in [5, 5.41) is 12.1. The van der Waals surface area contributed by atoms with Crippen molar-refractivity contribution in [2.24, 2.45) is 11.1 Å². The number of oxime groups is 1. The van der Waals surface area contributed by atoms with Gasteiger partial charge in [0.25, 0.3) is 0 Å². The smallest absolute Gasteiger partial charge is 0.438 e. The van der Waals surface area contributed by atoms with E-state index in [-0.39, 0.29) is 25.6 Å². The van der Waals surface area contributed by atoms with E-state index in [1.165, 1.54) is 14.2 Å². The summed E-state index contributed by atoms with van der Waals surface area (Å²) in [6.07, 6.45) is 2.96. The lowest BCUT2D eigenvalue weighted by Crippen LogP contribution is -2.34. The first kappa shape index (κ1) is 41.0. The van der Waals surface area contributed by atoms with Crippen LogP contribution in [0.3, 0.4) is 0 Å². The van der Waals surface area contributed by atoms with Gasteiger partial charge in [-0.3, -0.25) is 9.63 Å². The number of hydrogen-bond acceptors (Lipinski definition) is 9. The molecule has 294 valence electrons. The molecule has 1 N–H and O–H groups in total. The number of para-hydroxylation sites is 1. The highest BCUT2D eigenvalue weighted by atomic mass is 35.5. The average Bonchev–Trinajstić information content (AvgIpc) is 3.90. The van der Waals surface area contributed by atoms with Crippen LogP contribution in [0.5, 0.6) is 11.6 Å². The molecule has 1 aliphatic carbocycles. The van der Waals surface area contributed by atoms with Crippen molar-refractivity contribution in [3.8, 4) is 17.3 Å². The molecule has 1 fully saturated rings. The molecule has 6 rings (SSSR count). The number of carbonyl (C=O) groups is 2. The molecule has 1 heterocycles. The number of amidine groups is 1. The maximum Gasteiger partial charge on any atom is 0.438 e. The van der Waals surface area contributed by atoms with E-state index in [0.29, 0.717) is 28.2 Å². The average molecular weight is 798 g/mol. The zero-order chi connectivity index (χ0) is 40.0. The molecule has 12 nitrogen and oxygen atoms in total. The third kappa shape index (κ3) is 11.7. The highest BCUT2D eigenvalue weighted by Gasteiger charge is 2.26. The number of nitrogens with one attached hydrogen (secondary N) is 1. The van der Waals surface area contributed by atoms with Gasteiger partial charge in [0.1, 0.15) is 24.5 Å². The summed E-state index contributed by atoms with van der Waals surface area (Å²) in [6.45, 7) is -2.88. The maximum atomic E-state index is 14.5. The Bertz CT molecular complexity index is 2100. The highest BCUT2D eigenvalue weighted by Crippen LogP contribution is 2.30. The summed E-state index contributed by atoms with van der Waals surface area (Å²) >= 11 is 5.91. The summed E-state index contributed by atoms with van der Waals surface area (Å²) in [4.78, 5) is 34.5. The van der Waals surface area contributed by atoms with Crippen LogP contribution >= 0.6 is 11.6 Å². The van der Waals surface area contributed by atoms with Gasteiger partial charge in [0.2, 0.25) is 11.8 Å². The second-order valence-electron chi connectivity index (χ2n) is 11.9. The second-order valence-corrected chi connectivity index (χ2v) is 12.4. The van der Waals surface area contributed by atoms with Crippen molar-refractivity contribution in [1.29, 1.82) is 0 Å². The minimum atomic E-state index is -3.28. The fourth-order valence-electron chi connectivity index (χ4n) is 4.99. The quantitative estimate of drug-likeness (QED) is 0.0516. The van der Waals surface area contributed by atoms with Crippen LogP contribution < -0.4 is 19.9 Å². The van der Waals surface area contributed by atoms with Crippen LogP contribution in [0.4, 0.5) is 28.0 Å². The van der Waals surface area contributed by atoms with E-state index >= 15 is 0 Å². The Morgan fingerprint density at radius 1 is 0.964 bits per heavy atom. The fraction of sp³-hybridized carbons (Fsp3) is 0.231. The van der Waals surface area contributed by atoms with Crippen LogP contribution in [0, 0.1) is 17.6 Å². The Hall–Kier alpha value is -6.13. The van der Waals surface area contributed by atoms with Crippen LogP contribution in [0.15, 0.2) is 108 Å². The van der Waals surface area contributed by atoms with E-state index in [1.807, 2.05) is 24.3 Å². The number of alkyl halides is 2. The van der Waals surface area contributed by atoms with Crippen molar-refractivity contribution in [2.45, 2.75) is 32.5 Å². The molecule has 56 heavy (non-hydrogen) atoms. The number of hydrogen-bond donors (Lipinski definition) is 1. The minimum Gasteiger partial charge on any atom is -0.472 e. The third-order valence-corrected chi connectivity index (χ3v) is 8.15. The summed E-state index contributed by atoms with van der Waals surface area (Å²) in [5.41, 5.74) is 2.05. The SMILES string of the molecule is COC(=O)N(OC)c1ccccc1COc1ccn(-c2ccc(Cl)cc2)n1.O=C(Cc1ccccc1)N/C(=N\OCC1CC1)c1c(OC(F)F)ccc(F)c1F. The van der Waals surface area contributed by atoms with Crippen LogP contribution in [0.2, 0.25) is 5.02 Å². The Morgan fingerprint density at radius 3 is 2.36 bits per heavy atom. The van der Waals surface area contributed by atoms with E-state index in [0.717, 1.165) is 35.2 Å². The Balaban J connectivity index is 0.000000215. The third-order valence-electron chi connectivity index (χ3n) is 7.90. The minimum absolute atomic E-state index is 0.0928. The van der Waals surface area contributed by atoms with Crippen LogP contribution in [-0.2, 0) is 32.2 Å². The summed E-state index contributed by atoms with van der Waals surface area (Å²) < 4.78 is 70.1. The van der Waals surface area contributed by atoms with Gasteiger partial charge in [0, 0.05) is 22.8 Å². The van der Waals surface area contributed by atoms with Gasteiger partial charge in [0.15, 0.2) is 17.5 Å². The molecule has 0 aliphatic heterocycles.